The smallest absolute Gasteiger partial charge is 0.468 e. The first-order valence-electron chi connectivity index (χ1n) is 15.1. The molecule has 0 aliphatic heterocycles. The van der Waals surface area contributed by atoms with Crippen molar-refractivity contribution in [2.24, 2.45) is 5.73 Å². The Morgan fingerprint density at radius 1 is 0.809 bits per heavy atom. The summed E-state index contributed by atoms with van der Waals surface area (Å²) in [7, 11) is 2.39. The number of benzene rings is 3. The van der Waals surface area contributed by atoms with Crippen molar-refractivity contribution in [2.75, 3.05) is 32.7 Å². The van der Waals surface area contributed by atoms with E-state index in [2.05, 4.69) is 72.0 Å². The summed E-state index contributed by atoms with van der Waals surface area (Å²) in [6, 6.07) is 28.7. The Morgan fingerprint density at radius 3 is 1.79 bits per heavy atom. The number of esters is 2. The average Bonchev–Trinajstić information content (AvgIpc) is 3.11. The molecule has 0 saturated carbocycles. The molecule has 2 amide bonds. The van der Waals surface area contributed by atoms with Crippen LogP contribution < -0.4 is 32.3 Å². The second kappa shape index (κ2) is 18.1. The maximum absolute atomic E-state index is 13.3. The first-order chi connectivity index (χ1) is 22.5. The number of rotatable bonds is 17. The number of nitrogens with two attached hydrogens (primary N) is 1. The van der Waals surface area contributed by atoms with Crippen LogP contribution in [0.1, 0.15) is 25.7 Å². The monoisotopic (exact) mass is 745 g/mol. The van der Waals surface area contributed by atoms with Crippen LogP contribution in [0.15, 0.2) is 91.0 Å². The van der Waals surface area contributed by atoms with Gasteiger partial charge in [-0.15, -0.1) is 0 Å². The normalized spacial score (nSPS) is 13.2. The van der Waals surface area contributed by atoms with E-state index in [0.29, 0.717) is 12.6 Å². The standard InChI is InChI=1S/C34H41BrN3O7PS/c1-44-31(40)23-37-33(42)29(38-30(39)21-20-28(36)34(43)45-2)24-47-32(41)19-12-22-46(35,25-13-6-3-7-14-25,26-15-8-4-9-16-26)27-17-10-5-11-18-27/h3-11,13-18,28-29H,12,19-24,36H2,1-2H3,(H,37,42)(H,38,39). The van der Waals surface area contributed by atoms with Gasteiger partial charge in [0.2, 0.25) is 0 Å². The molecule has 0 saturated heterocycles. The van der Waals surface area contributed by atoms with Gasteiger partial charge in [0.25, 0.3) is 0 Å². The topological polar surface area (TPSA) is 154 Å². The van der Waals surface area contributed by atoms with Crippen molar-refractivity contribution in [3.05, 3.63) is 91.0 Å². The fraction of sp³-hybridized carbons (Fsp3) is 0.324. The summed E-state index contributed by atoms with van der Waals surface area (Å²) >= 11 is 5.32. The van der Waals surface area contributed by atoms with E-state index in [1.165, 1.54) is 14.2 Å². The molecule has 0 heterocycles. The van der Waals surface area contributed by atoms with Crippen LogP contribution in [0.5, 0.6) is 0 Å². The summed E-state index contributed by atoms with van der Waals surface area (Å²) in [6.07, 6.45) is 1.29. The minimum Gasteiger partial charge on any atom is -0.468 e. The Hall–Kier alpha value is -3.57. The average molecular weight is 747 g/mol. The third-order valence-electron chi connectivity index (χ3n) is 7.73. The van der Waals surface area contributed by atoms with Gasteiger partial charge in [-0.05, 0) is 0 Å². The van der Waals surface area contributed by atoms with Crippen molar-refractivity contribution in [1.29, 1.82) is 0 Å². The SMILES string of the molecule is COC(=O)CNC(=O)C(CSC(=O)CCCP(Br)(c1ccccc1)(c1ccccc1)c1ccccc1)NC(=O)CCC(N)C(=O)OC. The number of amides is 2. The molecule has 2 unspecified atom stereocenters. The number of hydrogen-bond acceptors (Lipinski definition) is 9. The molecule has 3 aromatic carbocycles. The van der Waals surface area contributed by atoms with Crippen molar-refractivity contribution >= 4 is 77.3 Å². The number of carbonyl (C=O) groups excluding carboxylic acids is 5. The van der Waals surface area contributed by atoms with Crippen LogP contribution in [-0.2, 0) is 33.4 Å². The molecule has 47 heavy (non-hydrogen) atoms. The van der Waals surface area contributed by atoms with Gasteiger partial charge >= 0.3 is 259 Å². The van der Waals surface area contributed by atoms with Gasteiger partial charge in [-0.3, -0.25) is 4.79 Å². The Kier molecular flexibility index (Phi) is 14.6. The minimum absolute atomic E-state index is 0.00383. The molecule has 0 aliphatic carbocycles. The molecule has 0 radical (unpaired) electrons. The molecule has 252 valence electrons. The van der Waals surface area contributed by atoms with E-state index in [1.807, 2.05) is 54.6 Å². The number of halogens is 1. The fourth-order valence-electron chi connectivity index (χ4n) is 5.18. The number of ether oxygens (including phenoxy) is 2. The van der Waals surface area contributed by atoms with Gasteiger partial charge in [0.1, 0.15) is 0 Å². The van der Waals surface area contributed by atoms with Crippen molar-refractivity contribution in [1.82, 2.24) is 10.6 Å². The Bertz CT molecular complexity index is 1420. The quantitative estimate of drug-likeness (QED) is 0.140. The van der Waals surface area contributed by atoms with E-state index in [4.69, 9.17) is 5.73 Å². The molecule has 10 nitrogen and oxygen atoms in total. The predicted molar refractivity (Wildman–Crippen MR) is 192 cm³/mol. The predicted octanol–water partition coefficient (Wildman–Crippen LogP) is 2.92. The van der Waals surface area contributed by atoms with Gasteiger partial charge in [0.15, 0.2) is 0 Å². The summed E-state index contributed by atoms with van der Waals surface area (Å²) in [5, 5.41) is 5.10. The minimum atomic E-state index is -3.21. The zero-order valence-corrected chi connectivity index (χ0v) is 29.7. The van der Waals surface area contributed by atoms with E-state index in [1.54, 1.807) is 0 Å². The van der Waals surface area contributed by atoms with Gasteiger partial charge in [-0.2, -0.15) is 0 Å². The molecule has 0 aliphatic rings. The summed E-state index contributed by atoms with van der Waals surface area (Å²) in [5.74, 6) is -2.57. The molecule has 0 bridgehead atoms. The summed E-state index contributed by atoms with van der Waals surface area (Å²) < 4.78 is 9.16. The van der Waals surface area contributed by atoms with E-state index < -0.39 is 47.7 Å². The Labute approximate surface area is 287 Å². The molecule has 0 aromatic heterocycles. The van der Waals surface area contributed by atoms with Gasteiger partial charge in [-0.25, -0.2) is 0 Å². The first-order valence-corrected chi connectivity index (χ1v) is 20.5. The molecule has 2 atom stereocenters. The van der Waals surface area contributed by atoms with Crippen molar-refractivity contribution < 1.29 is 33.4 Å². The van der Waals surface area contributed by atoms with Crippen LogP contribution in [0.25, 0.3) is 0 Å². The number of nitrogens with one attached hydrogen (secondary N) is 2. The Morgan fingerprint density at radius 2 is 1.32 bits per heavy atom. The second-order valence-electron chi connectivity index (χ2n) is 10.8. The van der Waals surface area contributed by atoms with Crippen LogP contribution >= 0.6 is 32.6 Å². The molecule has 0 spiro atoms. The van der Waals surface area contributed by atoms with Crippen molar-refractivity contribution in [2.45, 2.75) is 37.8 Å². The van der Waals surface area contributed by atoms with Crippen LogP contribution in [0.4, 0.5) is 0 Å². The first kappa shape index (κ1) is 37.9. The summed E-state index contributed by atoms with van der Waals surface area (Å²) in [5.41, 5.74) is 5.72. The molecule has 0 fully saturated rings. The van der Waals surface area contributed by atoms with Crippen LogP contribution in [0.2, 0.25) is 0 Å². The maximum atomic E-state index is 13.3. The van der Waals surface area contributed by atoms with Crippen LogP contribution in [0.3, 0.4) is 0 Å². The third-order valence-corrected chi connectivity index (χ3v) is 18.8. The molecule has 3 rings (SSSR count). The number of thioether (sulfide) groups is 1. The van der Waals surface area contributed by atoms with Crippen molar-refractivity contribution in [3.8, 4) is 0 Å². The summed E-state index contributed by atoms with van der Waals surface area (Å²) in [6.45, 7) is -0.398. The third kappa shape index (κ3) is 9.96. The zero-order chi connectivity index (χ0) is 34.3. The molecule has 3 aromatic rings. The molecular formula is C34H41BrN3O7PS. The van der Waals surface area contributed by atoms with Crippen molar-refractivity contribution in [3.63, 3.8) is 0 Å². The van der Waals surface area contributed by atoms with Crippen LogP contribution in [-0.4, -0.2) is 73.6 Å². The fourth-order valence-corrected chi connectivity index (χ4v) is 13.7. The van der Waals surface area contributed by atoms with E-state index in [9.17, 15) is 24.0 Å². The van der Waals surface area contributed by atoms with E-state index in [-0.39, 0.29) is 30.1 Å². The number of carbonyl (C=O) groups is 5. The molecular weight excluding hydrogens is 705 g/mol. The van der Waals surface area contributed by atoms with Gasteiger partial charge in [-0.1, -0.05) is 0 Å². The molecule has 13 heteroatoms. The number of hydrogen-bond donors (Lipinski definition) is 3. The van der Waals surface area contributed by atoms with E-state index in [0.717, 1.165) is 27.7 Å². The molecule has 4 N–H and O–H groups in total. The van der Waals surface area contributed by atoms with Crippen LogP contribution in [0, 0.1) is 0 Å². The second-order valence-corrected chi connectivity index (χ2v) is 20.9. The van der Waals surface area contributed by atoms with Gasteiger partial charge in [0.05, 0.1) is 14.2 Å². The number of methoxy groups -OCH3 is 2. The van der Waals surface area contributed by atoms with E-state index >= 15 is 0 Å². The summed E-state index contributed by atoms with van der Waals surface area (Å²) in [4.78, 5) is 62.0. The van der Waals surface area contributed by atoms with Gasteiger partial charge in [0, 0.05) is 0 Å². The zero-order valence-electron chi connectivity index (χ0n) is 26.4. The van der Waals surface area contributed by atoms with Gasteiger partial charge < -0.3 is 10.5 Å². The Balaban J connectivity index is 1.75.